The molecule has 0 aliphatic carbocycles. The molecule has 1 aromatic carbocycles. The van der Waals surface area contributed by atoms with Crippen LogP contribution in [0.1, 0.15) is 24.0 Å². The van der Waals surface area contributed by atoms with Crippen LogP contribution in [0.2, 0.25) is 0 Å². The molecule has 0 saturated heterocycles. The number of rotatable bonds is 4. The Morgan fingerprint density at radius 3 is 2.86 bits per heavy atom. The van der Waals surface area contributed by atoms with E-state index in [4.69, 9.17) is 16.1 Å². The van der Waals surface area contributed by atoms with E-state index in [0.29, 0.717) is 30.2 Å². The van der Waals surface area contributed by atoms with E-state index in [9.17, 15) is 8.78 Å². The summed E-state index contributed by atoms with van der Waals surface area (Å²) < 4.78 is 33.8. The first-order valence-electron chi connectivity index (χ1n) is 6.31. The normalized spacial score (nSPS) is 13.0. The molecule has 0 bridgehead atoms. The molecule has 3 rings (SSSR count). The predicted molar refractivity (Wildman–Crippen MR) is 71.9 cm³/mol. The summed E-state index contributed by atoms with van der Waals surface area (Å²) in [5.74, 6) is -0.467. The van der Waals surface area contributed by atoms with Crippen molar-refractivity contribution in [3.63, 3.8) is 0 Å². The second-order valence-electron chi connectivity index (χ2n) is 4.58. The second-order valence-corrected chi connectivity index (χ2v) is 5.23. The van der Waals surface area contributed by atoms with Crippen LogP contribution in [0.4, 0.5) is 8.78 Å². The topological polar surface area (TPSA) is 56.7 Å². The Morgan fingerprint density at radius 2 is 2.19 bits per heavy atom. The van der Waals surface area contributed by atoms with Crippen molar-refractivity contribution in [2.45, 2.75) is 25.3 Å². The molecule has 21 heavy (non-hydrogen) atoms. The highest BCUT2D eigenvalue weighted by molar-refractivity contribution is 6.20. The van der Waals surface area contributed by atoms with Gasteiger partial charge in [-0.05, 0) is 13.0 Å². The third kappa shape index (κ3) is 2.61. The quantitative estimate of drug-likeness (QED) is 0.694. The highest BCUT2D eigenvalue weighted by Crippen LogP contribution is 2.27. The summed E-state index contributed by atoms with van der Waals surface area (Å²) in [5.41, 5.74) is 0.457. The minimum atomic E-state index is -0.708. The molecule has 0 spiro atoms. The van der Waals surface area contributed by atoms with Crippen LogP contribution in [0.25, 0.3) is 11.0 Å². The first kappa shape index (κ1) is 13.9. The van der Waals surface area contributed by atoms with E-state index in [1.54, 1.807) is 11.5 Å². The summed E-state index contributed by atoms with van der Waals surface area (Å²) in [6.45, 7) is 2.11. The third-order valence-corrected chi connectivity index (χ3v) is 3.31. The summed E-state index contributed by atoms with van der Waals surface area (Å²) in [4.78, 5) is 8.09. The van der Waals surface area contributed by atoms with Crippen molar-refractivity contribution in [2.75, 3.05) is 0 Å². The molecule has 2 heterocycles. The molecular formula is C13H11ClF2N4O. The number of imidazole rings is 1. The van der Waals surface area contributed by atoms with Crippen molar-refractivity contribution in [2.24, 2.45) is 0 Å². The Kier molecular flexibility index (Phi) is 3.59. The van der Waals surface area contributed by atoms with Crippen LogP contribution < -0.4 is 0 Å². The lowest BCUT2D eigenvalue weighted by Gasteiger charge is -2.09. The van der Waals surface area contributed by atoms with Crippen molar-refractivity contribution in [1.29, 1.82) is 0 Å². The second kappa shape index (κ2) is 5.40. The summed E-state index contributed by atoms with van der Waals surface area (Å²) >= 11 is 6.08. The number of hydrogen-bond donors (Lipinski definition) is 0. The highest BCUT2D eigenvalue weighted by atomic mass is 35.5. The molecule has 0 aliphatic rings. The van der Waals surface area contributed by atoms with Gasteiger partial charge in [0.2, 0.25) is 5.89 Å². The minimum absolute atomic E-state index is 0.101. The number of halogens is 3. The average Bonchev–Trinajstić information content (AvgIpc) is 3.03. The number of benzene rings is 1. The van der Waals surface area contributed by atoms with Gasteiger partial charge in [0.1, 0.15) is 17.2 Å². The maximum Gasteiger partial charge on any atom is 0.228 e. The summed E-state index contributed by atoms with van der Waals surface area (Å²) in [6.07, 6.45) is 1.71. The van der Waals surface area contributed by atoms with Crippen LogP contribution in [0.15, 0.2) is 23.0 Å². The van der Waals surface area contributed by atoms with Gasteiger partial charge in [-0.1, -0.05) is 5.16 Å². The van der Waals surface area contributed by atoms with E-state index in [-0.39, 0.29) is 5.52 Å². The number of aromatic nitrogens is 4. The number of alkyl halides is 1. The van der Waals surface area contributed by atoms with Gasteiger partial charge in [-0.3, -0.25) is 0 Å². The van der Waals surface area contributed by atoms with Gasteiger partial charge in [0.15, 0.2) is 12.1 Å². The predicted octanol–water partition coefficient (Wildman–Crippen LogP) is 3.24. The summed E-state index contributed by atoms with van der Waals surface area (Å²) in [7, 11) is 0. The molecule has 0 saturated carbocycles. The Hall–Kier alpha value is -2.02. The van der Waals surface area contributed by atoms with Crippen LogP contribution in [0, 0.1) is 11.6 Å². The maximum atomic E-state index is 13.8. The van der Waals surface area contributed by atoms with Crippen molar-refractivity contribution in [3.8, 4) is 0 Å². The molecule has 0 radical (unpaired) electrons. The molecule has 0 fully saturated rings. The van der Waals surface area contributed by atoms with Gasteiger partial charge < -0.3 is 9.09 Å². The SMILES string of the molecule is CC(Cl)c1nc2c(F)cc(F)cc2n1CCc1ncno1. The molecule has 1 unspecified atom stereocenters. The molecule has 0 N–H and O–H groups in total. The number of aryl methyl sites for hydroxylation is 2. The van der Waals surface area contributed by atoms with Crippen LogP contribution in [-0.2, 0) is 13.0 Å². The van der Waals surface area contributed by atoms with Gasteiger partial charge in [-0.25, -0.2) is 13.8 Å². The summed E-state index contributed by atoms with van der Waals surface area (Å²) in [6, 6.07) is 2.04. The average molecular weight is 313 g/mol. The first-order valence-corrected chi connectivity index (χ1v) is 6.74. The van der Waals surface area contributed by atoms with Gasteiger partial charge in [0.25, 0.3) is 0 Å². The van der Waals surface area contributed by atoms with E-state index in [2.05, 4.69) is 15.1 Å². The van der Waals surface area contributed by atoms with Gasteiger partial charge >= 0.3 is 0 Å². The highest BCUT2D eigenvalue weighted by Gasteiger charge is 2.19. The monoisotopic (exact) mass is 312 g/mol. The molecule has 2 aromatic heterocycles. The van der Waals surface area contributed by atoms with Crippen molar-refractivity contribution in [3.05, 3.63) is 41.8 Å². The Balaban J connectivity index is 2.07. The van der Waals surface area contributed by atoms with Crippen LogP contribution in [0.5, 0.6) is 0 Å². The zero-order valence-corrected chi connectivity index (χ0v) is 11.8. The van der Waals surface area contributed by atoms with Crippen molar-refractivity contribution in [1.82, 2.24) is 19.7 Å². The van der Waals surface area contributed by atoms with E-state index < -0.39 is 17.0 Å². The van der Waals surface area contributed by atoms with Crippen molar-refractivity contribution < 1.29 is 13.3 Å². The molecule has 0 amide bonds. The molecule has 8 heteroatoms. The van der Waals surface area contributed by atoms with E-state index >= 15 is 0 Å². The lowest BCUT2D eigenvalue weighted by Crippen LogP contribution is -2.07. The van der Waals surface area contributed by atoms with E-state index in [1.807, 2.05) is 0 Å². The lowest BCUT2D eigenvalue weighted by molar-refractivity contribution is 0.370. The van der Waals surface area contributed by atoms with E-state index in [0.717, 1.165) is 6.07 Å². The Morgan fingerprint density at radius 1 is 1.38 bits per heavy atom. The molecule has 5 nitrogen and oxygen atoms in total. The largest absolute Gasteiger partial charge is 0.340 e. The van der Waals surface area contributed by atoms with Gasteiger partial charge in [0.05, 0.1) is 10.9 Å². The van der Waals surface area contributed by atoms with Gasteiger partial charge in [-0.15, -0.1) is 11.6 Å². The Labute approximate surface area is 123 Å². The zero-order valence-electron chi connectivity index (χ0n) is 11.1. The fourth-order valence-electron chi connectivity index (χ4n) is 2.22. The summed E-state index contributed by atoms with van der Waals surface area (Å²) in [5, 5.41) is 3.07. The Bertz CT molecular complexity index is 770. The van der Waals surface area contributed by atoms with Crippen LogP contribution in [-0.4, -0.2) is 19.7 Å². The van der Waals surface area contributed by atoms with Crippen LogP contribution >= 0.6 is 11.6 Å². The van der Waals surface area contributed by atoms with Gasteiger partial charge in [0, 0.05) is 19.0 Å². The molecule has 1 atom stereocenters. The van der Waals surface area contributed by atoms with Crippen LogP contribution in [0.3, 0.4) is 0 Å². The van der Waals surface area contributed by atoms with Crippen molar-refractivity contribution >= 4 is 22.6 Å². The number of nitrogens with zero attached hydrogens (tertiary/aromatic N) is 4. The first-order chi connectivity index (χ1) is 10.1. The fraction of sp³-hybridized carbons (Fsp3) is 0.308. The zero-order chi connectivity index (χ0) is 15.0. The minimum Gasteiger partial charge on any atom is -0.340 e. The number of fused-ring (bicyclic) bond motifs is 1. The third-order valence-electron chi connectivity index (χ3n) is 3.11. The standard InChI is InChI=1S/C13H11ClF2N4O/c1-7(14)13-19-12-9(16)4-8(15)5-10(12)20(13)3-2-11-17-6-18-21-11/h4-7H,2-3H2,1H3. The smallest absolute Gasteiger partial charge is 0.228 e. The number of hydrogen-bond acceptors (Lipinski definition) is 4. The lowest BCUT2D eigenvalue weighted by atomic mass is 10.3. The maximum absolute atomic E-state index is 13.8. The fourth-order valence-corrected chi connectivity index (χ4v) is 2.39. The molecule has 0 aliphatic heterocycles. The van der Waals surface area contributed by atoms with E-state index in [1.165, 1.54) is 12.4 Å². The molecule has 110 valence electrons. The molecular weight excluding hydrogens is 302 g/mol. The van der Waals surface area contributed by atoms with Gasteiger partial charge in [-0.2, -0.15) is 4.98 Å². The molecule has 3 aromatic rings.